The van der Waals surface area contributed by atoms with Gasteiger partial charge in [-0.15, -0.1) is 17.9 Å². The molecule has 1 aliphatic rings. The maximum atomic E-state index is 13.0. The summed E-state index contributed by atoms with van der Waals surface area (Å²) in [6.45, 7) is 8.24. The van der Waals surface area contributed by atoms with E-state index in [0.717, 1.165) is 29.5 Å². The third-order valence-corrected chi connectivity index (χ3v) is 6.29. The number of thioether (sulfide) groups is 1. The van der Waals surface area contributed by atoms with Crippen LogP contribution in [0.25, 0.3) is 10.2 Å². The molecule has 0 radical (unpaired) electrons. The number of rotatable bonds is 4. The van der Waals surface area contributed by atoms with Gasteiger partial charge in [-0.25, -0.2) is 4.98 Å². The first-order valence-corrected chi connectivity index (χ1v) is 9.47. The van der Waals surface area contributed by atoms with Crippen LogP contribution in [0.5, 0.6) is 0 Å². The predicted molar refractivity (Wildman–Crippen MR) is 96.2 cm³/mol. The number of hydrogen-bond acceptors (Lipinski definition) is 5. The van der Waals surface area contributed by atoms with Crippen molar-refractivity contribution >= 4 is 33.3 Å². The molecule has 0 spiro atoms. The molecule has 2 atom stereocenters. The van der Waals surface area contributed by atoms with Gasteiger partial charge in [-0.1, -0.05) is 24.8 Å². The summed E-state index contributed by atoms with van der Waals surface area (Å²) in [6, 6.07) is 2.19. The summed E-state index contributed by atoms with van der Waals surface area (Å²) in [5.41, 5.74) is 1.21. The highest BCUT2D eigenvalue weighted by Gasteiger charge is 2.24. The van der Waals surface area contributed by atoms with Crippen LogP contribution in [-0.4, -0.2) is 14.8 Å². The Kier molecular flexibility index (Phi) is 4.60. The Labute approximate surface area is 143 Å². The minimum absolute atomic E-state index is 0.00888. The van der Waals surface area contributed by atoms with Crippen LogP contribution in [0.1, 0.15) is 30.7 Å². The number of aromatic nitrogens is 2. The molecular formula is C17H19N3OS2. The first-order valence-electron chi connectivity index (χ1n) is 7.77. The van der Waals surface area contributed by atoms with Gasteiger partial charge in [-0.2, -0.15) is 5.26 Å². The fourth-order valence-corrected chi connectivity index (χ4v) is 5.20. The van der Waals surface area contributed by atoms with Crippen LogP contribution >= 0.6 is 23.1 Å². The lowest BCUT2D eigenvalue weighted by atomic mass is 9.89. The second kappa shape index (κ2) is 6.50. The lowest BCUT2D eigenvalue weighted by molar-refractivity contribution is 0.509. The number of nitrogens with zero attached hydrogens (tertiary/aromatic N) is 3. The topological polar surface area (TPSA) is 58.7 Å². The van der Waals surface area contributed by atoms with E-state index in [1.165, 1.54) is 22.2 Å². The Balaban J connectivity index is 2.21. The Hall–Kier alpha value is -1.58. The number of fused-ring (bicyclic) bond motifs is 3. The van der Waals surface area contributed by atoms with E-state index in [9.17, 15) is 4.79 Å². The van der Waals surface area contributed by atoms with Crippen LogP contribution in [-0.2, 0) is 19.4 Å². The maximum Gasteiger partial charge on any atom is 0.263 e. The van der Waals surface area contributed by atoms with Crippen molar-refractivity contribution in [2.24, 2.45) is 5.92 Å². The first kappa shape index (κ1) is 16.3. The molecule has 4 nitrogen and oxygen atoms in total. The van der Waals surface area contributed by atoms with Gasteiger partial charge in [0, 0.05) is 11.4 Å². The summed E-state index contributed by atoms with van der Waals surface area (Å²) in [4.78, 5) is 19.9. The number of aryl methyl sites for hydroxylation is 1. The Morgan fingerprint density at radius 1 is 1.65 bits per heavy atom. The van der Waals surface area contributed by atoms with Crippen LogP contribution < -0.4 is 5.56 Å². The summed E-state index contributed by atoms with van der Waals surface area (Å²) in [7, 11) is 0. The first-order chi connectivity index (χ1) is 11.0. The summed E-state index contributed by atoms with van der Waals surface area (Å²) < 4.78 is 1.65. The smallest absolute Gasteiger partial charge is 0.263 e. The fraction of sp³-hybridized carbons (Fsp3) is 0.471. The average molecular weight is 345 g/mol. The zero-order valence-electron chi connectivity index (χ0n) is 13.3. The number of thiophene rings is 1. The van der Waals surface area contributed by atoms with E-state index >= 15 is 0 Å². The van der Waals surface area contributed by atoms with Crippen LogP contribution in [0.2, 0.25) is 0 Å². The molecule has 0 fully saturated rings. The molecule has 0 aromatic carbocycles. The van der Waals surface area contributed by atoms with Crippen molar-refractivity contribution in [2.75, 3.05) is 0 Å². The van der Waals surface area contributed by atoms with Gasteiger partial charge in [0.15, 0.2) is 5.16 Å². The Morgan fingerprint density at radius 2 is 2.43 bits per heavy atom. The van der Waals surface area contributed by atoms with E-state index in [4.69, 9.17) is 10.2 Å². The van der Waals surface area contributed by atoms with Crippen LogP contribution in [0, 0.1) is 17.2 Å². The second-order valence-corrected chi connectivity index (χ2v) is 8.41. The second-order valence-electron chi connectivity index (χ2n) is 6.02. The fourth-order valence-electron chi connectivity index (χ4n) is 2.97. The highest BCUT2D eigenvalue weighted by Crippen LogP contribution is 2.36. The van der Waals surface area contributed by atoms with Crippen molar-refractivity contribution in [1.29, 1.82) is 5.26 Å². The molecule has 120 valence electrons. The zero-order valence-corrected chi connectivity index (χ0v) is 15.0. The summed E-state index contributed by atoms with van der Waals surface area (Å²) >= 11 is 2.98. The van der Waals surface area contributed by atoms with Crippen molar-refractivity contribution in [1.82, 2.24) is 9.55 Å². The molecule has 23 heavy (non-hydrogen) atoms. The molecule has 0 saturated carbocycles. The number of nitriles is 1. The molecule has 2 heterocycles. The molecule has 2 aromatic heterocycles. The summed E-state index contributed by atoms with van der Waals surface area (Å²) in [5.74, 6) is 0.665. The molecule has 3 rings (SSSR count). The van der Waals surface area contributed by atoms with E-state index in [1.807, 2.05) is 6.92 Å². The minimum atomic E-state index is -0.245. The van der Waals surface area contributed by atoms with Crippen molar-refractivity contribution in [2.45, 2.75) is 50.1 Å². The van der Waals surface area contributed by atoms with Gasteiger partial charge >= 0.3 is 0 Å². The predicted octanol–water partition coefficient (Wildman–Crippen LogP) is 3.77. The molecule has 6 heteroatoms. The molecule has 1 aliphatic carbocycles. The molecule has 0 N–H and O–H groups in total. The van der Waals surface area contributed by atoms with E-state index in [2.05, 4.69) is 19.6 Å². The van der Waals surface area contributed by atoms with Gasteiger partial charge in [0.2, 0.25) is 0 Å². The highest BCUT2D eigenvalue weighted by molar-refractivity contribution is 8.00. The quantitative estimate of drug-likeness (QED) is 0.481. The minimum Gasteiger partial charge on any atom is -0.283 e. The van der Waals surface area contributed by atoms with Gasteiger partial charge in [0.05, 0.1) is 16.7 Å². The van der Waals surface area contributed by atoms with Crippen LogP contribution in [0.15, 0.2) is 22.6 Å². The molecule has 2 aromatic rings. The Morgan fingerprint density at radius 3 is 3.13 bits per heavy atom. The highest BCUT2D eigenvalue weighted by atomic mass is 32.2. The molecule has 2 unspecified atom stereocenters. The monoisotopic (exact) mass is 345 g/mol. The van der Waals surface area contributed by atoms with Crippen molar-refractivity contribution in [3.63, 3.8) is 0 Å². The normalized spacial score (nSPS) is 18.4. The lowest BCUT2D eigenvalue weighted by Gasteiger charge is -2.17. The van der Waals surface area contributed by atoms with Gasteiger partial charge < -0.3 is 0 Å². The largest absolute Gasteiger partial charge is 0.283 e. The number of allylic oxidation sites excluding steroid dienone is 1. The Bertz CT molecular complexity index is 859. The van der Waals surface area contributed by atoms with Crippen LogP contribution in [0.4, 0.5) is 0 Å². The molecular weight excluding hydrogens is 326 g/mol. The summed E-state index contributed by atoms with van der Waals surface area (Å²) in [6.07, 6.45) is 4.83. The van der Waals surface area contributed by atoms with Crippen LogP contribution in [0.3, 0.4) is 0 Å². The molecule has 0 saturated heterocycles. The SMILES string of the molecule is C=CCn1c(SC(C)C#N)nc2sc3c(c2c1=O)CCC(C)C3. The zero-order chi connectivity index (χ0) is 16.6. The van der Waals surface area contributed by atoms with Gasteiger partial charge in [-0.05, 0) is 37.7 Å². The van der Waals surface area contributed by atoms with Gasteiger partial charge in [-0.3, -0.25) is 9.36 Å². The van der Waals surface area contributed by atoms with E-state index in [1.54, 1.807) is 22.0 Å². The maximum absolute atomic E-state index is 13.0. The standard InChI is InChI=1S/C17H19N3OS2/c1-4-7-20-16(21)14-12-6-5-10(2)8-13(12)23-15(14)19-17(20)22-11(3)9-18/h4,10-11H,1,5-8H2,2-3H3. The molecule has 0 aliphatic heterocycles. The van der Waals surface area contributed by atoms with Crippen molar-refractivity contribution < 1.29 is 0 Å². The number of hydrogen-bond donors (Lipinski definition) is 0. The van der Waals surface area contributed by atoms with E-state index in [0.29, 0.717) is 17.6 Å². The molecule has 0 bridgehead atoms. The van der Waals surface area contributed by atoms with Gasteiger partial charge in [0.25, 0.3) is 5.56 Å². The average Bonchev–Trinajstić information content (AvgIpc) is 2.88. The van der Waals surface area contributed by atoms with E-state index < -0.39 is 0 Å². The van der Waals surface area contributed by atoms with E-state index in [-0.39, 0.29) is 10.8 Å². The third kappa shape index (κ3) is 2.96. The third-order valence-electron chi connectivity index (χ3n) is 4.16. The van der Waals surface area contributed by atoms with Gasteiger partial charge in [0.1, 0.15) is 4.83 Å². The van der Waals surface area contributed by atoms with Crippen molar-refractivity contribution in [3.05, 3.63) is 33.4 Å². The molecule has 0 amide bonds. The summed E-state index contributed by atoms with van der Waals surface area (Å²) in [5, 5.41) is 10.2. The lowest BCUT2D eigenvalue weighted by Crippen LogP contribution is -2.24. The van der Waals surface area contributed by atoms with Crippen molar-refractivity contribution in [3.8, 4) is 6.07 Å².